The first-order valence-electron chi connectivity index (χ1n) is 6.07. The number of rotatable bonds is 7. The molecule has 8 heteroatoms. The second-order valence-corrected chi connectivity index (χ2v) is 5.59. The fraction of sp³-hybridized carbons (Fsp3) is 0.727. The maximum Gasteiger partial charge on any atom is 0.241 e. The monoisotopic (exact) mass is 382 g/mol. The van der Waals surface area contributed by atoms with Gasteiger partial charge in [-0.15, -0.1) is 0 Å². The van der Waals surface area contributed by atoms with Gasteiger partial charge >= 0.3 is 0 Å². The first-order chi connectivity index (χ1) is 8.82. The van der Waals surface area contributed by atoms with Crippen LogP contribution < -0.4 is 19.9 Å². The van der Waals surface area contributed by atoms with E-state index in [-0.39, 0.29) is 18.4 Å². The highest BCUT2D eigenvalue weighted by Crippen LogP contribution is 2.36. The molecule has 0 saturated heterocycles. The van der Waals surface area contributed by atoms with Gasteiger partial charge in [0.1, 0.15) is 11.6 Å². The normalized spacial score (nSPS) is 17.7. The van der Waals surface area contributed by atoms with Crippen LogP contribution >= 0.6 is 22.9 Å². The molecular weight excluding hydrogens is 363 g/mol. The van der Waals surface area contributed by atoms with Gasteiger partial charge in [0, 0.05) is 22.9 Å². The minimum Gasteiger partial charge on any atom is -0.368 e. The molecule has 1 aliphatic rings. The van der Waals surface area contributed by atoms with Crippen molar-refractivity contribution in [3.05, 3.63) is 0 Å². The Labute approximate surface area is 125 Å². The fourth-order valence-electron chi connectivity index (χ4n) is 1.61. The molecule has 1 aliphatic carbocycles. The van der Waals surface area contributed by atoms with E-state index in [1.807, 2.05) is 22.9 Å². The maximum absolute atomic E-state index is 11.8. The molecule has 0 aromatic carbocycles. The van der Waals surface area contributed by atoms with E-state index >= 15 is 0 Å². The molecule has 0 aliphatic heterocycles. The summed E-state index contributed by atoms with van der Waals surface area (Å²) >= 11 is 1.93. The first kappa shape index (κ1) is 16.2. The maximum atomic E-state index is 11.8. The summed E-state index contributed by atoms with van der Waals surface area (Å²) in [5, 5.41) is 5.06. The Morgan fingerprint density at radius 1 is 1.32 bits per heavy atom. The van der Waals surface area contributed by atoms with E-state index in [0.717, 1.165) is 12.8 Å². The zero-order chi connectivity index (χ0) is 14.6. The van der Waals surface area contributed by atoms with Crippen molar-refractivity contribution in [2.45, 2.75) is 38.3 Å². The van der Waals surface area contributed by atoms with Gasteiger partial charge < -0.3 is 16.4 Å². The summed E-state index contributed by atoms with van der Waals surface area (Å²) in [4.78, 5) is 34.6. The topological polar surface area (TPSA) is 113 Å². The predicted molar refractivity (Wildman–Crippen MR) is 78.1 cm³/mol. The average Bonchev–Trinajstić information content (AvgIpc) is 3.13. The van der Waals surface area contributed by atoms with Crippen molar-refractivity contribution in [3.8, 4) is 0 Å². The van der Waals surface area contributed by atoms with E-state index in [9.17, 15) is 14.4 Å². The van der Waals surface area contributed by atoms with E-state index in [4.69, 9.17) is 5.73 Å². The molecule has 108 valence electrons. The molecule has 0 radical (unpaired) electrons. The van der Waals surface area contributed by atoms with Crippen LogP contribution in [0.15, 0.2) is 0 Å². The van der Waals surface area contributed by atoms with Gasteiger partial charge in [-0.1, -0.05) is 13.8 Å². The summed E-state index contributed by atoms with van der Waals surface area (Å²) in [6.45, 7) is 3.41. The first-order valence-corrected chi connectivity index (χ1v) is 7.15. The largest absolute Gasteiger partial charge is 0.368 e. The van der Waals surface area contributed by atoms with Crippen molar-refractivity contribution in [1.82, 2.24) is 14.2 Å². The molecule has 0 bridgehead atoms. The van der Waals surface area contributed by atoms with E-state index in [1.54, 1.807) is 13.8 Å². The summed E-state index contributed by atoms with van der Waals surface area (Å²) in [6, 6.07) is -0.720. The molecule has 5 N–H and O–H groups in total. The number of carbonyl (C=O) groups is 3. The molecule has 1 saturated carbocycles. The molecular formula is C11H19IN4O3. The molecule has 3 amide bonds. The summed E-state index contributed by atoms with van der Waals surface area (Å²) in [5.41, 5.74) is 4.66. The van der Waals surface area contributed by atoms with Crippen molar-refractivity contribution in [2.24, 2.45) is 11.7 Å². The number of hydrogen-bond donors (Lipinski definition) is 4. The van der Waals surface area contributed by atoms with Crippen LogP contribution in [0.25, 0.3) is 0 Å². The Morgan fingerprint density at radius 2 is 1.89 bits per heavy atom. The second kappa shape index (κ2) is 6.51. The lowest BCUT2D eigenvalue weighted by molar-refractivity contribution is -0.130. The van der Waals surface area contributed by atoms with Crippen molar-refractivity contribution >= 4 is 40.6 Å². The van der Waals surface area contributed by atoms with Gasteiger partial charge in [0.25, 0.3) is 0 Å². The van der Waals surface area contributed by atoms with Crippen LogP contribution in [-0.2, 0) is 14.4 Å². The minimum atomic E-state index is -0.720. The molecule has 0 aromatic heterocycles. The zero-order valence-corrected chi connectivity index (χ0v) is 13.1. The van der Waals surface area contributed by atoms with Gasteiger partial charge in [-0.3, -0.25) is 14.4 Å². The van der Waals surface area contributed by atoms with Crippen LogP contribution in [0.3, 0.4) is 0 Å². The van der Waals surface area contributed by atoms with E-state index in [0.29, 0.717) is 0 Å². The Kier molecular flexibility index (Phi) is 5.53. The highest BCUT2D eigenvalue weighted by molar-refractivity contribution is 14.1. The van der Waals surface area contributed by atoms with Gasteiger partial charge in [0.15, 0.2) is 0 Å². The minimum absolute atomic E-state index is 0.0945. The highest BCUT2D eigenvalue weighted by Gasteiger charge is 2.49. The Hall–Kier alpha value is -0.900. The standard InChI is InChI=1S/C11H19IN4O3/c1-6(2)8(9(13)18)15-7(17)5-14-10(19)11(16-12)3-4-11/h6,8,16H,3-5H2,1-2H3,(H2,13,18)(H,14,19)(H,15,17)/t8-/m0/s1. The van der Waals surface area contributed by atoms with Gasteiger partial charge in [0.2, 0.25) is 17.7 Å². The van der Waals surface area contributed by atoms with Crippen molar-refractivity contribution in [2.75, 3.05) is 6.54 Å². The third kappa shape index (κ3) is 4.30. The van der Waals surface area contributed by atoms with E-state index in [1.165, 1.54) is 0 Å². The Morgan fingerprint density at radius 3 is 2.26 bits per heavy atom. The predicted octanol–water partition coefficient (Wildman–Crippen LogP) is -0.799. The zero-order valence-electron chi connectivity index (χ0n) is 11.0. The van der Waals surface area contributed by atoms with Crippen molar-refractivity contribution in [1.29, 1.82) is 0 Å². The quantitative estimate of drug-likeness (QED) is 0.341. The van der Waals surface area contributed by atoms with Gasteiger partial charge in [-0.05, 0) is 18.8 Å². The lowest BCUT2D eigenvalue weighted by atomic mass is 10.0. The van der Waals surface area contributed by atoms with Crippen LogP contribution in [0.2, 0.25) is 0 Å². The van der Waals surface area contributed by atoms with Crippen molar-refractivity contribution in [3.63, 3.8) is 0 Å². The fourth-order valence-corrected chi connectivity index (χ4v) is 2.39. The summed E-state index contributed by atoms with van der Waals surface area (Å²) < 4.78 is 2.91. The van der Waals surface area contributed by atoms with Crippen LogP contribution in [0.4, 0.5) is 0 Å². The molecule has 19 heavy (non-hydrogen) atoms. The lowest BCUT2D eigenvalue weighted by Crippen LogP contribution is -2.52. The SMILES string of the molecule is CC(C)[C@H](NC(=O)CNC(=O)C1(NI)CC1)C(N)=O. The number of halogens is 1. The highest BCUT2D eigenvalue weighted by atomic mass is 127. The number of hydrogen-bond acceptors (Lipinski definition) is 4. The average molecular weight is 382 g/mol. The third-order valence-electron chi connectivity index (χ3n) is 3.06. The van der Waals surface area contributed by atoms with Gasteiger partial charge in [-0.2, -0.15) is 0 Å². The van der Waals surface area contributed by atoms with Crippen LogP contribution in [0, 0.1) is 5.92 Å². The van der Waals surface area contributed by atoms with Crippen LogP contribution in [0.1, 0.15) is 26.7 Å². The Balaban J connectivity index is 2.39. The van der Waals surface area contributed by atoms with Crippen molar-refractivity contribution < 1.29 is 14.4 Å². The summed E-state index contributed by atoms with van der Waals surface area (Å²) in [7, 11) is 0. The second-order valence-electron chi connectivity index (χ2n) is 5.05. The molecule has 0 heterocycles. The van der Waals surface area contributed by atoms with Crippen LogP contribution in [-0.4, -0.2) is 35.8 Å². The molecule has 1 rings (SSSR count). The Bertz CT molecular complexity index is 382. The van der Waals surface area contributed by atoms with E-state index in [2.05, 4.69) is 14.2 Å². The smallest absolute Gasteiger partial charge is 0.241 e. The van der Waals surface area contributed by atoms with Gasteiger partial charge in [0.05, 0.1) is 6.54 Å². The third-order valence-corrected chi connectivity index (χ3v) is 4.10. The van der Waals surface area contributed by atoms with Gasteiger partial charge in [-0.25, -0.2) is 3.53 Å². The number of primary amides is 1. The number of amides is 3. The molecule has 0 aromatic rings. The number of nitrogens with one attached hydrogen (secondary N) is 3. The summed E-state index contributed by atoms with van der Waals surface area (Å²) in [5.74, 6) is -1.29. The van der Waals surface area contributed by atoms with E-state index < -0.39 is 23.4 Å². The molecule has 1 fully saturated rings. The molecule has 0 spiro atoms. The lowest BCUT2D eigenvalue weighted by Gasteiger charge is -2.19. The van der Waals surface area contributed by atoms with Crippen LogP contribution in [0.5, 0.6) is 0 Å². The molecule has 1 atom stereocenters. The number of carbonyl (C=O) groups excluding carboxylic acids is 3. The molecule has 7 nitrogen and oxygen atoms in total. The number of nitrogens with two attached hydrogens (primary N) is 1. The summed E-state index contributed by atoms with van der Waals surface area (Å²) in [6.07, 6.45) is 1.53. The molecule has 0 unspecified atom stereocenters.